The summed E-state index contributed by atoms with van der Waals surface area (Å²) in [4.78, 5) is 14.9. The molecule has 2 aromatic rings. The molecule has 0 saturated carbocycles. The van der Waals surface area contributed by atoms with Gasteiger partial charge in [-0.3, -0.25) is 10.8 Å². The van der Waals surface area contributed by atoms with Crippen LogP contribution in [0.25, 0.3) is 0 Å². The van der Waals surface area contributed by atoms with E-state index in [2.05, 4.69) is 13.8 Å². The van der Waals surface area contributed by atoms with Crippen LogP contribution in [0, 0.1) is 16.7 Å². The lowest BCUT2D eigenvalue weighted by molar-refractivity contribution is -0.0715. The van der Waals surface area contributed by atoms with Gasteiger partial charge in [-0.2, -0.15) is 0 Å². The Morgan fingerprint density at radius 2 is 1.74 bits per heavy atom. The van der Waals surface area contributed by atoms with E-state index in [1.165, 1.54) is 6.92 Å². The summed E-state index contributed by atoms with van der Waals surface area (Å²) < 4.78 is 11.2. The summed E-state index contributed by atoms with van der Waals surface area (Å²) in [7, 11) is 0. The molecule has 2 aromatic carbocycles. The number of nitrogens with zero attached hydrogens (tertiary/aromatic N) is 1. The Morgan fingerprint density at radius 1 is 1.10 bits per heavy atom. The highest BCUT2D eigenvalue weighted by molar-refractivity contribution is 5.98. The summed E-state index contributed by atoms with van der Waals surface area (Å²) >= 11 is 0. The summed E-state index contributed by atoms with van der Waals surface area (Å²) in [6.45, 7) is 8.38. The summed E-state index contributed by atoms with van der Waals surface area (Å²) in [5.41, 5.74) is 2.00. The summed E-state index contributed by atoms with van der Waals surface area (Å²) in [5.74, 6) is 0.305. The van der Waals surface area contributed by atoms with Crippen molar-refractivity contribution >= 4 is 17.9 Å². The maximum absolute atomic E-state index is 13.1. The third-order valence-corrected chi connectivity index (χ3v) is 5.69. The van der Waals surface area contributed by atoms with Crippen LogP contribution < -0.4 is 0 Å². The van der Waals surface area contributed by atoms with E-state index in [1.807, 2.05) is 49.4 Å². The van der Waals surface area contributed by atoms with Crippen molar-refractivity contribution in [1.82, 2.24) is 4.90 Å². The van der Waals surface area contributed by atoms with Gasteiger partial charge in [0.1, 0.15) is 5.60 Å². The number of nitrogens with one attached hydrogen (secondary N) is 2. The van der Waals surface area contributed by atoms with Crippen molar-refractivity contribution in [2.75, 3.05) is 6.54 Å². The fraction of sp³-hybridized carbons (Fsp3) is 0.400. The monoisotopic (exact) mass is 421 g/mol. The Bertz CT molecular complexity index is 940. The molecule has 2 atom stereocenters. The van der Waals surface area contributed by atoms with Crippen molar-refractivity contribution in [2.45, 2.75) is 52.2 Å². The summed E-state index contributed by atoms with van der Waals surface area (Å²) in [6, 6.07) is 17.2. The lowest BCUT2D eigenvalue weighted by Gasteiger charge is -2.44. The number of carbonyl (C=O) groups is 1. The molecule has 1 fully saturated rings. The molecule has 6 nitrogen and oxygen atoms in total. The maximum atomic E-state index is 13.1. The molecule has 1 aliphatic rings. The van der Waals surface area contributed by atoms with Crippen LogP contribution in [0.3, 0.4) is 0 Å². The largest absolute Gasteiger partial charge is 0.438 e. The SMILES string of the molecule is CC(=N)OC(=N)c1ccc([C@H](C)N2CC[C@](CC(C)C)(c3ccccc3)OC2=O)cc1. The molecule has 2 N–H and O–H groups in total. The number of carbonyl (C=O) groups excluding carboxylic acids is 1. The van der Waals surface area contributed by atoms with E-state index in [-0.39, 0.29) is 23.9 Å². The van der Waals surface area contributed by atoms with E-state index in [0.717, 1.165) is 24.0 Å². The molecule has 0 bridgehead atoms. The smallest absolute Gasteiger partial charge is 0.411 e. The second-order valence-corrected chi connectivity index (χ2v) is 8.56. The van der Waals surface area contributed by atoms with Gasteiger partial charge in [-0.05, 0) is 42.5 Å². The zero-order valence-electron chi connectivity index (χ0n) is 18.6. The Labute approximate surface area is 184 Å². The molecular formula is C25H31N3O3. The van der Waals surface area contributed by atoms with Crippen LogP contribution >= 0.6 is 0 Å². The minimum absolute atomic E-state index is 0.0261. The topological polar surface area (TPSA) is 86.5 Å². The van der Waals surface area contributed by atoms with Gasteiger partial charge in [-0.1, -0.05) is 56.3 Å². The molecule has 0 unspecified atom stereocenters. The van der Waals surface area contributed by atoms with E-state index in [4.69, 9.17) is 20.3 Å². The van der Waals surface area contributed by atoms with Gasteiger partial charge in [0.15, 0.2) is 5.90 Å². The predicted octanol–water partition coefficient (Wildman–Crippen LogP) is 5.87. The normalized spacial score (nSPS) is 19.6. The minimum Gasteiger partial charge on any atom is -0.438 e. The molecule has 1 heterocycles. The standard InChI is InChI=1S/C25H31N3O3/c1-17(2)16-25(22-8-6-5-7-9-22)14-15-28(24(29)31-25)18(3)20-10-12-21(13-11-20)23(27)30-19(4)26/h5-13,17-18,26-27H,14-16H2,1-4H3/t18-,25-/m0/s1. The fourth-order valence-electron chi connectivity index (χ4n) is 4.19. The predicted molar refractivity (Wildman–Crippen MR) is 122 cm³/mol. The Morgan fingerprint density at radius 3 is 2.29 bits per heavy atom. The summed E-state index contributed by atoms with van der Waals surface area (Å²) in [6.07, 6.45) is 1.22. The first-order valence-corrected chi connectivity index (χ1v) is 10.7. The third-order valence-electron chi connectivity index (χ3n) is 5.69. The van der Waals surface area contributed by atoms with Crippen LogP contribution in [0.4, 0.5) is 4.79 Å². The molecule has 0 aromatic heterocycles. The summed E-state index contributed by atoms with van der Waals surface area (Å²) in [5, 5.41) is 15.3. The number of amides is 1. The van der Waals surface area contributed by atoms with Crippen molar-refractivity contribution in [3.63, 3.8) is 0 Å². The maximum Gasteiger partial charge on any atom is 0.411 e. The number of cyclic esters (lactones) is 1. The number of ether oxygens (including phenoxy) is 2. The Kier molecular flexibility index (Phi) is 6.78. The molecule has 3 rings (SSSR count). The highest BCUT2D eigenvalue weighted by Gasteiger charge is 2.43. The van der Waals surface area contributed by atoms with Crippen molar-refractivity contribution in [3.05, 3.63) is 71.3 Å². The fourth-order valence-corrected chi connectivity index (χ4v) is 4.19. The first kappa shape index (κ1) is 22.5. The van der Waals surface area contributed by atoms with Crippen LogP contribution in [0.5, 0.6) is 0 Å². The van der Waals surface area contributed by atoms with Gasteiger partial charge in [0.05, 0.1) is 6.04 Å². The van der Waals surface area contributed by atoms with E-state index in [0.29, 0.717) is 18.0 Å². The number of benzene rings is 2. The van der Waals surface area contributed by atoms with Crippen LogP contribution in [0.1, 0.15) is 63.3 Å². The molecule has 164 valence electrons. The zero-order valence-corrected chi connectivity index (χ0v) is 18.6. The average molecular weight is 422 g/mol. The first-order valence-electron chi connectivity index (χ1n) is 10.7. The van der Waals surface area contributed by atoms with Crippen molar-refractivity contribution in [3.8, 4) is 0 Å². The van der Waals surface area contributed by atoms with Crippen LogP contribution in [0.2, 0.25) is 0 Å². The molecule has 0 spiro atoms. The lowest BCUT2D eigenvalue weighted by atomic mass is 9.81. The minimum atomic E-state index is -0.594. The first-order chi connectivity index (χ1) is 14.7. The molecule has 1 amide bonds. The highest BCUT2D eigenvalue weighted by atomic mass is 16.6. The van der Waals surface area contributed by atoms with Gasteiger partial charge < -0.3 is 14.4 Å². The van der Waals surface area contributed by atoms with E-state index < -0.39 is 5.60 Å². The lowest BCUT2D eigenvalue weighted by Crippen LogP contribution is -2.49. The number of rotatable bonds is 6. The van der Waals surface area contributed by atoms with Gasteiger partial charge in [-0.25, -0.2) is 4.79 Å². The van der Waals surface area contributed by atoms with Crippen LogP contribution in [-0.4, -0.2) is 29.3 Å². The molecule has 0 aliphatic carbocycles. The molecule has 1 aliphatic heterocycles. The second-order valence-electron chi connectivity index (χ2n) is 8.56. The Balaban J connectivity index is 1.76. The van der Waals surface area contributed by atoms with Crippen molar-refractivity contribution in [1.29, 1.82) is 10.8 Å². The van der Waals surface area contributed by atoms with Gasteiger partial charge in [0.25, 0.3) is 0 Å². The number of hydrogen-bond acceptors (Lipinski definition) is 5. The third kappa shape index (κ3) is 5.13. The van der Waals surface area contributed by atoms with E-state index >= 15 is 0 Å². The van der Waals surface area contributed by atoms with Crippen molar-refractivity contribution < 1.29 is 14.3 Å². The molecule has 31 heavy (non-hydrogen) atoms. The van der Waals surface area contributed by atoms with E-state index in [9.17, 15) is 4.79 Å². The average Bonchev–Trinajstić information content (AvgIpc) is 2.73. The number of hydrogen-bond donors (Lipinski definition) is 2. The quantitative estimate of drug-likeness (QED) is 0.452. The van der Waals surface area contributed by atoms with Gasteiger partial charge in [-0.15, -0.1) is 0 Å². The highest BCUT2D eigenvalue weighted by Crippen LogP contribution is 2.41. The molecular weight excluding hydrogens is 390 g/mol. The second kappa shape index (κ2) is 9.33. The van der Waals surface area contributed by atoms with Crippen LogP contribution in [-0.2, 0) is 15.1 Å². The Hall–Kier alpha value is -3.15. The van der Waals surface area contributed by atoms with Gasteiger partial charge in [0, 0.05) is 25.5 Å². The molecule has 1 saturated heterocycles. The van der Waals surface area contributed by atoms with Gasteiger partial charge >= 0.3 is 6.09 Å². The molecule has 6 heteroatoms. The van der Waals surface area contributed by atoms with Gasteiger partial charge in [0.2, 0.25) is 5.90 Å². The van der Waals surface area contributed by atoms with Crippen LogP contribution in [0.15, 0.2) is 54.6 Å². The van der Waals surface area contributed by atoms with E-state index in [1.54, 1.807) is 17.0 Å². The molecule has 0 radical (unpaired) electrons. The zero-order chi connectivity index (χ0) is 22.6. The van der Waals surface area contributed by atoms with Crippen molar-refractivity contribution in [2.24, 2.45) is 5.92 Å².